The van der Waals surface area contributed by atoms with E-state index in [1.807, 2.05) is 0 Å². The molecule has 1 fully saturated rings. The third kappa shape index (κ3) is 8.65. The Labute approximate surface area is 174 Å². The molecular formula is C17H26BrFIN3O2. The lowest BCUT2D eigenvalue weighted by Crippen LogP contribution is -2.37. The molecule has 0 aromatic heterocycles. The van der Waals surface area contributed by atoms with Crippen LogP contribution in [0.5, 0.6) is 0 Å². The van der Waals surface area contributed by atoms with Crippen molar-refractivity contribution in [2.75, 3.05) is 33.4 Å². The Balaban J connectivity index is 0.00000312. The predicted octanol–water partition coefficient (Wildman–Crippen LogP) is 3.46. The molecule has 2 rings (SSSR count). The molecule has 0 spiro atoms. The van der Waals surface area contributed by atoms with Gasteiger partial charge in [0.15, 0.2) is 5.96 Å². The number of hydrogen-bond donors (Lipinski definition) is 2. The number of nitrogens with zero attached hydrogens (tertiary/aromatic N) is 1. The van der Waals surface area contributed by atoms with Crippen molar-refractivity contribution in [2.45, 2.75) is 31.9 Å². The van der Waals surface area contributed by atoms with Crippen LogP contribution in [-0.4, -0.2) is 45.5 Å². The summed E-state index contributed by atoms with van der Waals surface area (Å²) >= 11 is 3.42. The number of hydrogen-bond acceptors (Lipinski definition) is 3. The van der Waals surface area contributed by atoms with Gasteiger partial charge < -0.3 is 20.1 Å². The molecule has 0 aliphatic carbocycles. The second-order valence-corrected chi connectivity index (χ2v) is 6.51. The summed E-state index contributed by atoms with van der Waals surface area (Å²) in [4.78, 5) is 4.16. The van der Waals surface area contributed by atoms with E-state index in [4.69, 9.17) is 9.47 Å². The molecule has 1 unspecified atom stereocenters. The van der Waals surface area contributed by atoms with Crippen LogP contribution in [0.1, 0.15) is 24.8 Å². The Bertz CT molecular complexity index is 543. The lowest BCUT2D eigenvalue weighted by molar-refractivity contribution is 0.0168. The number of benzene rings is 1. The maximum atomic E-state index is 13.3. The summed E-state index contributed by atoms with van der Waals surface area (Å²) in [6.07, 6.45) is 3.40. The summed E-state index contributed by atoms with van der Waals surface area (Å²) < 4.78 is 25.3. The van der Waals surface area contributed by atoms with Crippen molar-refractivity contribution in [2.24, 2.45) is 4.99 Å². The average molecular weight is 530 g/mol. The van der Waals surface area contributed by atoms with Crippen molar-refractivity contribution in [3.05, 3.63) is 34.1 Å². The zero-order valence-corrected chi connectivity index (χ0v) is 18.3. The van der Waals surface area contributed by atoms with E-state index in [9.17, 15) is 4.39 Å². The minimum Gasteiger partial charge on any atom is -0.379 e. The number of rotatable bonds is 8. The van der Waals surface area contributed by atoms with E-state index < -0.39 is 0 Å². The van der Waals surface area contributed by atoms with E-state index in [2.05, 4.69) is 31.6 Å². The van der Waals surface area contributed by atoms with Crippen molar-refractivity contribution >= 4 is 45.9 Å². The van der Waals surface area contributed by atoms with Gasteiger partial charge in [0.05, 0.1) is 12.7 Å². The van der Waals surface area contributed by atoms with Crippen LogP contribution in [0.4, 0.5) is 4.39 Å². The zero-order chi connectivity index (χ0) is 17.2. The monoisotopic (exact) mass is 529 g/mol. The molecule has 1 aliphatic heterocycles. The fourth-order valence-electron chi connectivity index (χ4n) is 2.45. The smallest absolute Gasteiger partial charge is 0.191 e. The summed E-state index contributed by atoms with van der Waals surface area (Å²) in [5.74, 6) is 0.437. The van der Waals surface area contributed by atoms with Gasteiger partial charge in [0, 0.05) is 37.8 Å². The molecule has 1 aromatic carbocycles. The minimum absolute atomic E-state index is 0. The molecule has 1 saturated heterocycles. The van der Waals surface area contributed by atoms with Crippen LogP contribution >= 0.6 is 39.9 Å². The Kier molecular flexibility index (Phi) is 11.6. The molecule has 0 saturated carbocycles. The SMILES string of the molecule is CN=C(NCCCOCC1CCCO1)NCc1cc(F)ccc1Br.I. The van der Waals surface area contributed by atoms with Crippen molar-refractivity contribution in [3.8, 4) is 0 Å². The largest absolute Gasteiger partial charge is 0.379 e. The lowest BCUT2D eigenvalue weighted by Gasteiger charge is -2.13. The molecule has 1 aliphatic rings. The number of ether oxygens (including phenoxy) is 2. The molecule has 1 heterocycles. The molecule has 1 aromatic rings. The van der Waals surface area contributed by atoms with Gasteiger partial charge in [-0.15, -0.1) is 24.0 Å². The standard InChI is InChI=1S/C17H25BrFN3O2.HI/c1-20-17(22-11-13-10-14(19)5-6-16(13)18)21-7-3-8-23-12-15-4-2-9-24-15;/h5-6,10,15H,2-4,7-9,11-12H2,1H3,(H2,20,21,22);1H. The summed E-state index contributed by atoms with van der Waals surface area (Å²) in [7, 11) is 1.71. The summed E-state index contributed by atoms with van der Waals surface area (Å²) in [5, 5.41) is 6.39. The van der Waals surface area contributed by atoms with Crippen molar-refractivity contribution in [1.82, 2.24) is 10.6 Å². The first kappa shape index (κ1) is 22.6. The van der Waals surface area contributed by atoms with E-state index in [1.54, 1.807) is 13.1 Å². The molecule has 142 valence electrons. The van der Waals surface area contributed by atoms with Gasteiger partial charge in [-0.3, -0.25) is 4.99 Å². The van der Waals surface area contributed by atoms with Gasteiger partial charge in [-0.1, -0.05) is 15.9 Å². The van der Waals surface area contributed by atoms with Crippen LogP contribution in [0.3, 0.4) is 0 Å². The lowest BCUT2D eigenvalue weighted by atomic mass is 10.2. The number of halogens is 3. The molecule has 8 heteroatoms. The first-order valence-corrected chi connectivity index (χ1v) is 9.06. The van der Waals surface area contributed by atoms with E-state index in [0.29, 0.717) is 25.7 Å². The molecule has 0 radical (unpaired) electrons. The van der Waals surface area contributed by atoms with Gasteiger partial charge in [0.25, 0.3) is 0 Å². The Morgan fingerprint density at radius 1 is 1.44 bits per heavy atom. The minimum atomic E-state index is -0.249. The molecule has 0 bridgehead atoms. The summed E-state index contributed by atoms with van der Waals surface area (Å²) in [5.41, 5.74) is 0.845. The van der Waals surface area contributed by atoms with Crippen LogP contribution in [-0.2, 0) is 16.0 Å². The zero-order valence-electron chi connectivity index (χ0n) is 14.4. The van der Waals surface area contributed by atoms with E-state index in [0.717, 1.165) is 42.5 Å². The second kappa shape index (κ2) is 12.8. The quantitative estimate of drug-likeness (QED) is 0.234. The molecule has 2 N–H and O–H groups in total. The van der Waals surface area contributed by atoms with Crippen molar-refractivity contribution in [1.29, 1.82) is 0 Å². The van der Waals surface area contributed by atoms with Crippen LogP contribution in [0.25, 0.3) is 0 Å². The summed E-state index contributed by atoms with van der Waals surface area (Å²) in [6, 6.07) is 4.63. The summed E-state index contributed by atoms with van der Waals surface area (Å²) in [6.45, 7) is 3.49. The Morgan fingerprint density at radius 3 is 3.00 bits per heavy atom. The highest BCUT2D eigenvalue weighted by atomic mass is 127. The number of guanidine groups is 1. The first-order chi connectivity index (χ1) is 11.7. The van der Waals surface area contributed by atoms with Gasteiger partial charge >= 0.3 is 0 Å². The first-order valence-electron chi connectivity index (χ1n) is 8.27. The van der Waals surface area contributed by atoms with Crippen LogP contribution in [0.2, 0.25) is 0 Å². The third-order valence-corrected chi connectivity index (χ3v) is 4.54. The van der Waals surface area contributed by atoms with Crippen LogP contribution in [0.15, 0.2) is 27.7 Å². The van der Waals surface area contributed by atoms with Gasteiger partial charge in [0.1, 0.15) is 5.82 Å². The fourth-order valence-corrected chi connectivity index (χ4v) is 2.84. The second-order valence-electron chi connectivity index (χ2n) is 5.65. The number of nitrogens with one attached hydrogen (secondary N) is 2. The van der Waals surface area contributed by atoms with Crippen LogP contribution in [0, 0.1) is 5.82 Å². The Morgan fingerprint density at radius 2 is 2.28 bits per heavy atom. The molecule has 5 nitrogen and oxygen atoms in total. The van der Waals surface area contributed by atoms with E-state index in [-0.39, 0.29) is 35.9 Å². The maximum Gasteiger partial charge on any atom is 0.191 e. The average Bonchev–Trinajstić information content (AvgIpc) is 3.09. The maximum absolute atomic E-state index is 13.3. The molecular weight excluding hydrogens is 504 g/mol. The topological polar surface area (TPSA) is 54.9 Å². The van der Waals surface area contributed by atoms with Crippen molar-refractivity contribution < 1.29 is 13.9 Å². The van der Waals surface area contributed by atoms with Crippen molar-refractivity contribution in [3.63, 3.8) is 0 Å². The third-order valence-electron chi connectivity index (χ3n) is 3.76. The highest BCUT2D eigenvalue weighted by molar-refractivity contribution is 14.0. The molecule has 1 atom stereocenters. The van der Waals surface area contributed by atoms with E-state index >= 15 is 0 Å². The Hall–Kier alpha value is -0.450. The highest BCUT2D eigenvalue weighted by Crippen LogP contribution is 2.17. The van der Waals surface area contributed by atoms with Gasteiger partial charge in [0.2, 0.25) is 0 Å². The van der Waals surface area contributed by atoms with Gasteiger partial charge in [-0.05, 0) is 43.0 Å². The van der Waals surface area contributed by atoms with Gasteiger partial charge in [-0.2, -0.15) is 0 Å². The molecule has 0 amide bonds. The molecule has 25 heavy (non-hydrogen) atoms. The highest BCUT2D eigenvalue weighted by Gasteiger charge is 2.14. The number of aliphatic imine (C=N–C) groups is 1. The van der Waals surface area contributed by atoms with Crippen LogP contribution < -0.4 is 10.6 Å². The predicted molar refractivity (Wildman–Crippen MR) is 112 cm³/mol. The van der Waals surface area contributed by atoms with Gasteiger partial charge in [-0.25, -0.2) is 4.39 Å². The van der Waals surface area contributed by atoms with E-state index in [1.165, 1.54) is 12.1 Å². The fraction of sp³-hybridized carbons (Fsp3) is 0.588. The normalized spacial score (nSPS) is 17.2.